The fourth-order valence-electron chi connectivity index (χ4n) is 4.40. The minimum Gasteiger partial charge on any atom is -0.367 e. The number of nitrogens with zero attached hydrogens (tertiary/aromatic N) is 5. The highest BCUT2D eigenvalue weighted by Crippen LogP contribution is 2.25. The van der Waals surface area contributed by atoms with Crippen LogP contribution in [0.1, 0.15) is 61.3 Å². The highest BCUT2D eigenvalue weighted by atomic mass is 16.2. The van der Waals surface area contributed by atoms with E-state index in [0.717, 1.165) is 50.8 Å². The van der Waals surface area contributed by atoms with Crippen LogP contribution in [0.3, 0.4) is 0 Å². The number of carbonyl (C=O) groups excluding carboxylic acids is 2. The van der Waals surface area contributed by atoms with Gasteiger partial charge in [0, 0.05) is 31.5 Å². The quantitative estimate of drug-likeness (QED) is 0.566. The fourth-order valence-corrected chi connectivity index (χ4v) is 4.40. The summed E-state index contributed by atoms with van der Waals surface area (Å²) in [5, 5.41) is 11.0. The molecule has 0 radical (unpaired) electrons. The third kappa shape index (κ3) is 5.06. The summed E-state index contributed by atoms with van der Waals surface area (Å²) < 4.78 is 1.86. The van der Waals surface area contributed by atoms with Crippen LogP contribution in [0.4, 0.5) is 17.5 Å². The van der Waals surface area contributed by atoms with Gasteiger partial charge in [0.1, 0.15) is 5.82 Å². The summed E-state index contributed by atoms with van der Waals surface area (Å²) in [5.74, 6) is 0.208. The summed E-state index contributed by atoms with van der Waals surface area (Å²) in [7, 11) is 0. The molecule has 2 amide bonds. The van der Waals surface area contributed by atoms with Crippen molar-refractivity contribution in [2.45, 2.75) is 57.0 Å². The SMILES string of the molecule is C=CC(=O)N1CCC[C@@H](n2cc(Nc3ncc(C(N)=O)c(NC4CCCCC4)n3)cn2)C1. The van der Waals surface area contributed by atoms with Crippen LogP contribution in [0.5, 0.6) is 0 Å². The van der Waals surface area contributed by atoms with Crippen LogP contribution in [0.25, 0.3) is 0 Å². The Morgan fingerprint density at radius 2 is 1.97 bits per heavy atom. The number of carbonyl (C=O) groups is 2. The monoisotopic (exact) mass is 438 g/mol. The Hall–Kier alpha value is -3.43. The second-order valence-corrected chi connectivity index (χ2v) is 8.42. The van der Waals surface area contributed by atoms with Gasteiger partial charge in [0.05, 0.1) is 23.5 Å². The average Bonchev–Trinajstić information content (AvgIpc) is 3.28. The Balaban J connectivity index is 1.46. The van der Waals surface area contributed by atoms with Gasteiger partial charge in [0.15, 0.2) is 0 Å². The van der Waals surface area contributed by atoms with E-state index in [9.17, 15) is 9.59 Å². The first-order valence-electron chi connectivity index (χ1n) is 11.2. The van der Waals surface area contributed by atoms with Crippen molar-refractivity contribution >= 4 is 29.3 Å². The van der Waals surface area contributed by atoms with Gasteiger partial charge in [0.25, 0.3) is 5.91 Å². The number of amides is 2. The van der Waals surface area contributed by atoms with E-state index in [-0.39, 0.29) is 23.6 Å². The second kappa shape index (κ2) is 9.80. The lowest BCUT2D eigenvalue weighted by Gasteiger charge is -2.32. The molecule has 4 rings (SSSR count). The molecule has 2 aromatic heterocycles. The lowest BCUT2D eigenvalue weighted by Crippen LogP contribution is -2.39. The summed E-state index contributed by atoms with van der Waals surface area (Å²) in [6, 6.07) is 0.379. The van der Waals surface area contributed by atoms with Crippen LogP contribution in [0.15, 0.2) is 31.2 Å². The molecule has 1 aliphatic carbocycles. The van der Waals surface area contributed by atoms with Crippen molar-refractivity contribution in [1.82, 2.24) is 24.6 Å². The molecule has 10 nitrogen and oxygen atoms in total. The molecule has 32 heavy (non-hydrogen) atoms. The molecule has 1 saturated carbocycles. The standard InChI is InChI=1S/C22H30N8O2/c1-2-19(31)29-10-6-9-17(14-29)30-13-16(11-25-30)27-22-24-12-18(20(23)32)21(28-22)26-15-7-4-3-5-8-15/h2,11-13,15,17H,1,3-10,14H2,(H2,23,32)(H2,24,26,27,28)/t17-/m1/s1. The van der Waals surface area contributed by atoms with Crippen LogP contribution in [0.2, 0.25) is 0 Å². The summed E-state index contributed by atoms with van der Waals surface area (Å²) in [4.78, 5) is 34.4. The van der Waals surface area contributed by atoms with Gasteiger partial charge in [-0.1, -0.05) is 25.8 Å². The van der Waals surface area contributed by atoms with Gasteiger partial charge in [-0.2, -0.15) is 10.1 Å². The smallest absolute Gasteiger partial charge is 0.254 e. The molecule has 2 aromatic rings. The fraction of sp³-hybridized carbons (Fsp3) is 0.500. The van der Waals surface area contributed by atoms with E-state index < -0.39 is 5.91 Å². The van der Waals surface area contributed by atoms with Gasteiger partial charge < -0.3 is 21.3 Å². The second-order valence-electron chi connectivity index (χ2n) is 8.42. The lowest BCUT2D eigenvalue weighted by atomic mass is 9.95. The number of hydrogen-bond donors (Lipinski definition) is 3. The van der Waals surface area contributed by atoms with Gasteiger partial charge in [-0.3, -0.25) is 14.3 Å². The van der Waals surface area contributed by atoms with Crippen molar-refractivity contribution in [2.75, 3.05) is 23.7 Å². The van der Waals surface area contributed by atoms with E-state index in [2.05, 4.69) is 32.3 Å². The molecule has 170 valence electrons. The third-order valence-electron chi connectivity index (χ3n) is 6.11. The summed E-state index contributed by atoms with van der Waals surface area (Å²) >= 11 is 0. The van der Waals surface area contributed by atoms with E-state index in [4.69, 9.17) is 5.73 Å². The van der Waals surface area contributed by atoms with Gasteiger partial charge in [-0.25, -0.2) is 4.98 Å². The van der Waals surface area contributed by atoms with Crippen molar-refractivity contribution < 1.29 is 9.59 Å². The van der Waals surface area contributed by atoms with Crippen LogP contribution < -0.4 is 16.4 Å². The number of primary amides is 1. The highest BCUT2D eigenvalue weighted by molar-refractivity contribution is 5.97. The number of likely N-dealkylation sites (tertiary alicyclic amines) is 1. The van der Waals surface area contributed by atoms with Gasteiger partial charge in [-0.05, 0) is 31.8 Å². The lowest BCUT2D eigenvalue weighted by molar-refractivity contribution is -0.127. The summed E-state index contributed by atoms with van der Waals surface area (Å²) in [5.41, 5.74) is 6.54. The Morgan fingerprint density at radius 3 is 2.72 bits per heavy atom. The number of nitrogens with one attached hydrogen (secondary N) is 2. The molecule has 0 bridgehead atoms. The van der Waals surface area contributed by atoms with E-state index >= 15 is 0 Å². The maximum Gasteiger partial charge on any atom is 0.254 e. The Labute approximate surface area is 187 Å². The van der Waals surface area contributed by atoms with Crippen LogP contribution in [-0.4, -0.2) is 55.6 Å². The Kier molecular flexibility index (Phi) is 6.67. The molecule has 2 aliphatic rings. The van der Waals surface area contributed by atoms with Crippen molar-refractivity contribution in [3.63, 3.8) is 0 Å². The zero-order valence-electron chi connectivity index (χ0n) is 18.2. The molecule has 3 heterocycles. The predicted octanol–water partition coefficient (Wildman–Crippen LogP) is 2.61. The number of anilines is 3. The zero-order valence-corrected chi connectivity index (χ0v) is 18.2. The number of rotatable bonds is 7. The van der Waals surface area contributed by atoms with Crippen LogP contribution in [0, 0.1) is 0 Å². The molecule has 1 saturated heterocycles. The average molecular weight is 439 g/mol. The predicted molar refractivity (Wildman–Crippen MR) is 122 cm³/mol. The molecule has 1 aliphatic heterocycles. The largest absolute Gasteiger partial charge is 0.367 e. The van der Waals surface area contributed by atoms with Gasteiger partial charge >= 0.3 is 0 Å². The Morgan fingerprint density at radius 1 is 1.16 bits per heavy atom. The topological polar surface area (TPSA) is 131 Å². The molecule has 2 fully saturated rings. The number of hydrogen-bond acceptors (Lipinski definition) is 7. The van der Waals surface area contributed by atoms with Gasteiger partial charge in [0.2, 0.25) is 11.9 Å². The molecule has 1 atom stereocenters. The molecule has 4 N–H and O–H groups in total. The molecule has 10 heteroatoms. The Bertz CT molecular complexity index is 982. The minimum atomic E-state index is -0.557. The highest BCUT2D eigenvalue weighted by Gasteiger charge is 2.24. The van der Waals surface area contributed by atoms with Gasteiger partial charge in [-0.15, -0.1) is 0 Å². The van der Waals surface area contributed by atoms with E-state index in [1.165, 1.54) is 18.7 Å². The molecular formula is C22H30N8O2. The maximum absolute atomic E-state index is 12.0. The molecule has 0 spiro atoms. The zero-order chi connectivity index (χ0) is 22.5. The minimum absolute atomic E-state index is 0.0545. The molecule has 0 unspecified atom stereocenters. The first-order valence-corrected chi connectivity index (χ1v) is 11.2. The third-order valence-corrected chi connectivity index (χ3v) is 6.11. The van der Waals surface area contributed by atoms with E-state index in [1.807, 2.05) is 10.9 Å². The van der Waals surface area contributed by atoms with E-state index in [1.54, 1.807) is 11.1 Å². The van der Waals surface area contributed by atoms with Crippen molar-refractivity contribution in [3.8, 4) is 0 Å². The van der Waals surface area contributed by atoms with Crippen molar-refractivity contribution in [3.05, 3.63) is 36.8 Å². The first kappa shape index (κ1) is 21.8. The van der Waals surface area contributed by atoms with Crippen LogP contribution in [-0.2, 0) is 4.79 Å². The normalized spacial score (nSPS) is 19.4. The number of piperidine rings is 1. The number of aromatic nitrogens is 4. The molecular weight excluding hydrogens is 408 g/mol. The first-order chi connectivity index (χ1) is 15.5. The van der Waals surface area contributed by atoms with Crippen LogP contribution >= 0.6 is 0 Å². The molecule has 0 aromatic carbocycles. The maximum atomic E-state index is 12.0. The van der Waals surface area contributed by atoms with Crippen molar-refractivity contribution in [2.24, 2.45) is 5.73 Å². The summed E-state index contributed by atoms with van der Waals surface area (Å²) in [6.45, 7) is 4.92. The van der Waals surface area contributed by atoms with E-state index in [0.29, 0.717) is 18.3 Å². The number of nitrogens with two attached hydrogens (primary N) is 1. The van der Waals surface area contributed by atoms with Crippen molar-refractivity contribution in [1.29, 1.82) is 0 Å². The summed E-state index contributed by atoms with van der Waals surface area (Å²) in [6.07, 6.45) is 13.9.